The van der Waals surface area contributed by atoms with Gasteiger partial charge in [-0.15, -0.1) is 0 Å². The lowest BCUT2D eigenvalue weighted by atomic mass is 9.94. The van der Waals surface area contributed by atoms with Gasteiger partial charge in [0.05, 0.1) is 25.1 Å². The molecule has 0 aliphatic carbocycles. The molecule has 0 radical (unpaired) electrons. The van der Waals surface area contributed by atoms with Gasteiger partial charge in [-0.3, -0.25) is 14.4 Å². The third-order valence-corrected chi connectivity index (χ3v) is 4.60. The van der Waals surface area contributed by atoms with Crippen molar-refractivity contribution in [3.63, 3.8) is 0 Å². The first kappa shape index (κ1) is 19.4. The van der Waals surface area contributed by atoms with Crippen molar-refractivity contribution in [2.75, 3.05) is 13.7 Å². The molecule has 6 heteroatoms. The summed E-state index contributed by atoms with van der Waals surface area (Å²) < 4.78 is 10.4. The first-order valence-electron chi connectivity index (χ1n) is 8.89. The van der Waals surface area contributed by atoms with E-state index in [1.54, 1.807) is 30.5 Å². The lowest BCUT2D eigenvalue weighted by Gasteiger charge is -2.32. The summed E-state index contributed by atoms with van der Waals surface area (Å²) in [5, 5.41) is 0. The predicted octanol–water partition coefficient (Wildman–Crippen LogP) is 3.39. The third-order valence-electron chi connectivity index (χ3n) is 4.60. The quantitative estimate of drug-likeness (QED) is 0.568. The van der Waals surface area contributed by atoms with Crippen molar-refractivity contribution in [2.24, 2.45) is 0 Å². The highest BCUT2D eigenvalue weighted by Gasteiger charge is 2.29. The van der Waals surface area contributed by atoms with Crippen LogP contribution in [0.15, 0.2) is 54.7 Å². The molecule has 3 rings (SSSR count). The standard InChI is InChI=1S/C22H21NO5/c1-15(24)23-12-11-16-7-3-4-8-17(16)19(23)13-22(26)28-14-20(25)18-9-5-6-10-21(18)27-2/h3-12,19H,13-14H2,1-2H3/t19-/m0/s1. The fourth-order valence-electron chi connectivity index (χ4n) is 3.23. The van der Waals surface area contributed by atoms with Gasteiger partial charge in [-0.05, 0) is 29.3 Å². The van der Waals surface area contributed by atoms with Gasteiger partial charge in [-0.25, -0.2) is 0 Å². The van der Waals surface area contributed by atoms with E-state index < -0.39 is 12.0 Å². The molecule has 1 atom stereocenters. The summed E-state index contributed by atoms with van der Waals surface area (Å²) in [7, 11) is 1.47. The number of ether oxygens (including phenoxy) is 2. The molecule has 0 fully saturated rings. The number of benzene rings is 2. The van der Waals surface area contributed by atoms with Gasteiger partial charge in [0.15, 0.2) is 6.61 Å². The molecule has 1 aliphatic heterocycles. The number of hydrogen-bond acceptors (Lipinski definition) is 5. The van der Waals surface area contributed by atoms with Crippen molar-refractivity contribution in [1.82, 2.24) is 4.90 Å². The zero-order valence-corrected chi connectivity index (χ0v) is 15.8. The van der Waals surface area contributed by atoms with Crippen LogP contribution >= 0.6 is 0 Å². The number of carbonyl (C=O) groups excluding carboxylic acids is 3. The smallest absolute Gasteiger partial charge is 0.308 e. The molecule has 28 heavy (non-hydrogen) atoms. The van der Waals surface area contributed by atoms with Gasteiger partial charge in [0.1, 0.15) is 5.75 Å². The van der Waals surface area contributed by atoms with Crippen LogP contribution in [0.1, 0.15) is 40.9 Å². The Kier molecular flexibility index (Phi) is 5.89. The molecule has 0 unspecified atom stereocenters. The van der Waals surface area contributed by atoms with E-state index in [1.165, 1.54) is 18.9 Å². The number of esters is 1. The molecule has 1 aliphatic rings. The lowest BCUT2D eigenvalue weighted by molar-refractivity contribution is -0.144. The highest BCUT2D eigenvalue weighted by Crippen LogP contribution is 2.33. The molecule has 0 saturated carbocycles. The minimum absolute atomic E-state index is 0.0415. The molecule has 0 bridgehead atoms. The zero-order chi connectivity index (χ0) is 20.1. The number of Topliss-reactive ketones (excluding diaryl/α,β-unsaturated/α-hetero) is 1. The number of hydrogen-bond donors (Lipinski definition) is 0. The van der Waals surface area contributed by atoms with E-state index in [9.17, 15) is 14.4 Å². The van der Waals surface area contributed by atoms with Crippen LogP contribution in [0.5, 0.6) is 5.75 Å². The Morgan fingerprint density at radius 3 is 2.50 bits per heavy atom. The number of carbonyl (C=O) groups is 3. The first-order valence-corrected chi connectivity index (χ1v) is 8.89. The SMILES string of the molecule is COc1ccccc1C(=O)COC(=O)C[C@H]1c2ccccc2C=CN1C(C)=O. The van der Waals surface area contributed by atoms with Gasteiger partial charge in [-0.1, -0.05) is 36.4 Å². The van der Waals surface area contributed by atoms with E-state index in [2.05, 4.69) is 0 Å². The van der Waals surface area contributed by atoms with E-state index in [-0.39, 0.29) is 24.7 Å². The molecule has 0 N–H and O–H groups in total. The minimum atomic E-state index is -0.551. The Morgan fingerprint density at radius 1 is 1.04 bits per heavy atom. The number of amides is 1. The number of para-hydroxylation sites is 1. The van der Waals surface area contributed by atoms with Crippen LogP contribution in [0, 0.1) is 0 Å². The summed E-state index contributed by atoms with van der Waals surface area (Å²) in [5.74, 6) is -0.644. The van der Waals surface area contributed by atoms with Gasteiger partial charge in [0, 0.05) is 13.1 Å². The highest BCUT2D eigenvalue weighted by atomic mass is 16.5. The number of rotatable bonds is 6. The van der Waals surface area contributed by atoms with Crippen LogP contribution < -0.4 is 4.74 Å². The van der Waals surface area contributed by atoms with Crippen LogP contribution in [0.3, 0.4) is 0 Å². The number of ketones is 1. The van der Waals surface area contributed by atoms with Crippen molar-refractivity contribution >= 4 is 23.7 Å². The van der Waals surface area contributed by atoms with Crippen molar-refractivity contribution in [3.05, 3.63) is 71.4 Å². The largest absolute Gasteiger partial charge is 0.496 e. The maximum absolute atomic E-state index is 12.4. The molecular weight excluding hydrogens is 358 g/mol. The minimum Gasteiger partial charge on any atom is -0.496 e. The molecule has 0 saturated heterocycles. The maximum Gasteiger partial charge on any atom is 0.308 e. The Morgan fingerprint density at radius 2 is 1.75 bits per heavy atom. The monoisotopic (exact) mass is 379 g/mol. The molecular formula is C22H21NO5. The second kappa shape index (κ2) is 8.52. The molecule has 0 spiro atoms. The second-order valence-corrected chi connectivity index (χ2v) is 6.38. The number of nitrogens with zero attached hydrogens (tertiary/aromatic N) is 1. The van der Waals surface area contributed by atoms with Gasteiger partial charge in [0.2, 0.25) is 11.7 Å². The van der Waals surface area contributed by atoms with Crippen LogP contribution in [-0.2, 0) is 14.3 Å². The zero-order valence-electron chi connectivity index (χ0n) is 15.8. The van der Waals surface area contributed by atoms with Crippen molar-refractivity contribution in [2.45, 2.75) is 19.4 Å². The molecule has 6 nitrogen and oxygen atoms in total. The van der Waals surface area contributed by atoms with E-state index in [4.69, 9.17) is 9.47 Å². The van der Waals surface area contributed by atoms with Crippen molar-refractivity contribution < 1.29 is 23.9 Å². The average Bonchev–Trinajstić information content (AvgIpc) is 2.72. The fraction of sp³-hybridized carbons (Fsp3) is 0.227. The maximum atomic E-state index is 12.4. The van der Waals surface area contributed by atoms with Crippen molar-refractivity contribution in [3.8, 4) is 5.75 Å². The Hall–Kier alpha value is -3.41. The average molecular weight is 379 g/mol. The normalized spacial score (nSPS) is 14.9. The van der Waals surface area contributed by atoms with Gasteiger partial charge < -0.3 is 14.4 Å². The Labute approximate surface area is 163 Å². The van der Waals surface area contributed by atoms with E-state index in [0.717, 1.165) is 11.1 Å². The van der Waals surface area contributed by atoms with E-state index in [1.807, 2.05) is 30.3 Å². The summed E-state index contributed by atoms with van der Waals surface area (Å²) in [4.78, 5) is 38.3. The van der Waals surface area contributed by atoms with Crippen LogP contribution in [0.2, 0.25) is 0 Å². The van der Waals surface area contributed by atoms with Gasteiger partial charge in [-0.2, -0.15) is 0 Å². The molecule has 1 amide bonds. The number of fused-ring (bicyclic) bond motifs is 1. The Balaban J connectivity index is 1.69. The molecule has 1 heterocycles. The summed E-state index contributed by atoms with van der Waals surface area (Å²) in [5.41, 5.74) is 2.17. The number of methoxy groups -OCH3 is 1. The second-order valence-electron chi connectivity index (χ2n) is 6.38. The third kappa shape index (κ3) is 4.11. The van der Waals surface area contributed by atoms with Gasteiger partial charge >= 0.3 is 5.97 Å². The summed E-state index contributed by atoms with van der Waals surface area (Å²) in [6.07, 6.45) is 3.46. The lowest BCUT2D eigenvalue weighted by Crippen LogP contribution is -2.32. The van der Waals surface area contributed by atoms with Crippen LogP contribution in [0.25, 0.3) is 6.08 Å². The molecule has 2 aromatic carbocycles. The molecule has 0 aromatic heterocycles. The molecule has 2 aromatic rings. The summed E-state index contributed by atoms with van der Waals surface area (Å²) in [6.45, 7) is 1.06. The van der Waals surface area contributed by atoms with Crippen LogP contribution in [0.4, 0.5) is 0 Å². The Bertz CT molecular complexity index is 934. The topological polar surface area (TPSA) is 72.9 Å². The van der Waals surface area contributed by atoms with E-state index >= 15 is 0 Å². The van der Waals surface area contributed by atoms with Crippen LogP contribution in [-0.4, -0.2) is 36.3 Å². The first-order chi connectivity index (χ1) is 13.5. The fourth-order valence-corrected chi connectivity index (χ4v) is 3.23. The predicted molar refractivity (Wildman–Crippen MR) is 104 cm³/mol. The summed E-state index contributed by atoms with van der Waals surface area (Å²) >= 11 is 0. The molecule has 144 valence electrons. The van der Waals surface area contributed by atoms with Gasteiger partial charge in [0.25, 0.3) is 0 Å². The highest BCUT2D eigenvalue weighted by molar-refractivity contribution is 6.00. The van der Waals surface area contributed by atoms with E-state index in [0.29, 0.717) is 11.3 Å². The summed E-state index contributed by atoms with van der Waals surface area (Å²) in [6, 6.07) is 13.9. The van der Waals surface area contributed by atoms with Crippen molar-refractivity contribution in [1.29, 1.82) is 0 Å².